The summed E-state index contributed by atoms with van der Waals surface area (Å²) >= 11 is 3.45. The van der Waals surface area contributed by atoms with Crippen molar-refractivity contribution in [3.63, 3.8) is 0 Å². The number of rotatable bonds is 6. The Bertz CT molecular complexity index is 550. The maximum atomic E-state index is 11.8. The van der Waals surface area contributed by atoms with Crippen molar-refractivity contribution in [3.05, 3.63) is 28.7 Å². The molecule has 0 bridgehead atoms. The van der Waals surface area contributed by atoms with E-state index in [9.17, 15) is 8.42 Å². The molecular formula is C13H20BrN3O2S. The van der Waals surface area contributed by atoms with Crippen molar-refractivity contribution >= 4 is 31.8 Å². The summed E-state index contributed by atoms with van der Waals surface area (Å²) in [4.78, 5) is 2.19. The lowest BCUT2D eigenvalue weighted by Crippen LogP contribution is -2.44. The van der Waals surface area contributed by atoms with E-state index in [2.05, 4.69) is 30.3 Å². The van der Waals surface area contributed by atoms with Crippen LogP contribution in [0.1, 0.15) is 19.8 Å². The fourth-order valence-corrected chi connectivity index (χ4v) is 3.84. The second-order valence-electron chi connectivity index (χ2n) is 4.93. The molecule has 0 saturated carbocycles. The standard InChI is InChI=1S/C13H20BrN3O2S/c1-2-7-15-20(18,19)16-12-6-8-17(10-12)13-5-3-4-11(14)9-13/h3-5,9,12,15-16H,2,6-8,10H2,1H3. The first-order valence-corrected chi connectivity index (χ1v) is 9.05. The number of hydrogen-bond acceptors (Lipinski definition) is 3. The molecule has 1 atom stereocenters. The highest BCUT2D eigenvalue weighted by atomic mass is 79.9. The molecule has 1 unspecified atom stereocenters. The van der Waals surface area contributed by atoms with Crippen molar-refractivity contribution in [2.24, 2.45) is 0 Å². The Kier molecular flexibility index (Phi) is 5.42. The van der Waals surface area contributed by atoms with Gasteiger partial charge in [-0.15, -0.1) is 0 Å². The van der Waals surface area contributed by atoms with Crippen LogP contribution in [0, 0.1) is 0 Å². The third-order valence-electron chi connectivity index (χ3n) is 3.23. The molecule has 2 N–H and O–H groups in total. The van der Waals surface area contributed by atoms with E-state index in [-0.39, 0.29) is 6.04 Å². The van der Waals surface area contributed by atoms with Crippen LogP contribution < -0.4 is 14.3 Å². The second kappa shape index (κ2) is 6.89. The topological polar surface area (TPSA) is 61.4 Å². The lowest BCUT2D eigenvalue weighted by molar-refractivity contribution is 0.546. The summed E-state index contributed by atoms with van der Waals surface area (Å²) in [5.74, 6) is 0. The maximum absolute atomic E-state index is 11.8. The molecule has 1 aromatic carbocycles. The van der Waals surface area contributed by atoms with Gasteiger partial charge in [0, 0.05) is 35.8 Å². The molecule has 20 heavy (non-hydrogen) atoms. The normalized spacial score (nSPS) is 19.5. The van der Waals surface area contributed by atoms with Crippen LogP contribution in [0.15, 0.2) is 28.7 Å². The molecule has 0 aliphatic carbocycles. The summed E-state index contributed by atoms with van der Waals surface area (Å²) in [7, 11) is -3.38. The molecule has 112 valence electrons. The van der Waals surface area contributed by atoms with Crippen LogP contribution in [-0.4, -0.2) is 34.1 Å². The van der Waals surface area contributed by atoms with Crippen LogP contribution in [0.3, 0.4) is 0 Å². The molecule has 1 saturated heterocycles. The zero-order valence-corrected chi connectivity index (χ0v) is 13.9. The molecule has 0 amide bonds. The molecule has 7 heteroatoms. The fraction of sp³-hybridized carbons (Fsp3) is 0.538. The summed E-state index contributed by atoms with van der Waals surface area (Å²) in [5.41, 5.74) is 1.11. The Labute approximate surface area is 129 Å². The molecular weight excluding hydrogens is 342 g/mol. The van der Waals surface area contributed by atoms with Crippen LogP contribution in [0.4, 0.5) is 5.69 Å². The number of nitrogens with one attached hydrogen (secondary N) is 2. The summed E-state index contributed by atoms with van der Waals surface area (Å²) in [5, 5.41) is 0. The van der Waals surface area contributed by atoms with Crippen LogP contribution >= 0.6 is 15.9 Å². The predicted molar refractivity (Wildman–Crippen MR) is 85.1 cm³/mol. The first kappa shape index (κ1) is 15.8. The Morgan fingerprint density at radius 3 is 2.95 bits per heavy atom. The minimum Gasteiger partial charge on any atom is -0.370 e. The van der Waals surface area contributed by atoms with Gasteiger partial charge in [0.15, 0.2) is 0 Å². The van der Waals surface area contributed by atoms with Crippen molar-refractivity contribution in [3.8, 4) is 0 Å². The number of anilines is 1. The third-order valence-corrected chi connectivity index (χ3v) is 4.95. The highest BCUT2D eigenvalue weighted by Gasteiger charge is 2.26. The molecule has 1 aliphatic rings. The van der Waals surface area contributed by atoms with Gasteiger partial charge in [0.05, 0.1) is 0 Å². The highest BCUT2D eigenvalue weighted by molar-refractivity contribution is 9.10. The van der Waals surface area contributed by atoms with Crippen LogP contribution in [0.25, 0.3) is 0 Å². The van der Waals surface area contributed by atoms with Gasteiger partial charge in [0.25, 0.3) is 10.2 Å². The predicted octanol–water partition coefficient (Wildman–Crippen LogP) is 1.86. The van der Waals surface area contributed by atoms with E-state index in [1.54, 1.807) is 0 Å². The molecule has 0 radical (unpaired) electrons. The third kappa shape index (κ3) is 4.44. The minimum atomic E-state index is -3.38. The van der Waals surface area contributed by atoms with Gasteiger partial charge in [-0.3, -0.25) is 0 Å². The van der Waals surface area contributed by atoms with E-state index in [1.165, 1.54) is 0 Å². The van der Waals surface area contributed by atoms with Gasteiger partial charge in [0.1, 0.15) is 0 Å². The maximum Gasteiger partial charge on any atom is 0.277 e. The Balaban J connectivity index is 1.92. The Hall–Kier alpha value is -0.630. The van der Waals surface area contributed by atoms with Crippen molar-refractivity contribution in [1.29, 1.82) is 0 Å². The molecule has 1 aliphatic heterocycles. The second-order valence-corrected chi connectivity index (χ2v) is 7.37. The van der Waals surface area contributed by atoms with E-state index in [0.29, 0.717) is 13.1 Å². The number of hydrogen-bond donors (Lipinski definition) is 2. The van der Waals surface area contributed by atoms with Crippen LogP contribution in [-0.2, 0) is 10.2 Å². The molecule has 1 aromatic rings. The number of halogens is 1. The molecule has 1 heterocycles. The van der Waals surface area contributed by atoms with Crippen molar-refractivity contribution in [2.45, 2.75) is 25.8 Å². The van der Waals surface area contributed by atoms with Gasteiger partial charge in [-0.1, -0.05) is 28.9 Å². The van der Waals surface area contributed by atoms with Gasteiger partial charge in [-0.25, -0.2) is 4.72 Å². The van der Waals surface area contributed by atoms with Crippen molar-refractivity contribution in [2.75, 3.05) is 24.5 Å². The molecule has 5 nitrogen and oxygen atoms in total. The molecule has 1 fully saturated rings. The lowest BCUT2D eigenvalue weighted by atomic mass is 10.3. The average molecular weight is 362 g/mol. The van der Waals surface area contributed by atoms with E-state index < -0.39 is 10.2 Å². The Morgan fingerprint density at radius 2 is 2.25 bits per heavy atom. The summed E-state index contributed by atoms with van der Waals surface area (Å²) in [6, 6.07) is 8.01. The first-order chi connectivity index (χ1) is 9.50. The van der Waals surface area contributed by atoms with Crippen molar-refractivity contribution in [1.82, 2.24) is 9.44 Å². The van der Waals surface area contributed by atoms with E-state index in [1.807, 2.05) is 31.2 Å². The zero-order chi connectivity index (χ0) is 14.6. The van der Waals surface area contributed by atoms with E-state index in [4.69, 9.17) is 0 Å². The SMILES string of the molecule is CCCNS(=O)(=O)NC1CCN(c2cccc(Br)c2)C1. The lowest BCUT2D eigenvalue weighted by Gasteiger charge is -2.19. The Morgan fingerprint density at radius 1 is 1.45 bits per heavy atom. The fourth-order valence-electron chi connectivity index (χ4n) is 2.26. The van der Waals surface area contributed by atoms with E-state index >= 15 is 0 Å². The highest BCUT2D eigenvalue weighted by Crippen LogP contribution is 2.23. The molecule has 0 spiro atoms. The van der Waals surface area contributed by atoms with Gasteiger partial charge in [0.2, 0.25) is 0 Å². The first-order valence-electron chi connectivity index (χ1n) is 6.77. The van der Waals surface area contributed by atoms with Crippen LogP contribution in [0.5, 0.6) is 0 Å². The van der Waals surface area contributed by atoms with Gasteiger partial charge >= 0.3 is 0 Å². The summed E-state index contributed by atoms with van der Waals surface area (Å²) in [6.07, 6.45) is 1.61. The van der Waals surface area contributed by atoms with Gasteiger partial charge in [-0.05, 0) is 31.0 Å². The van der Waals surface area contributed by atoms with Crippen molar-refractivity contribution < 1.29 is 8.42 Å². The smallest absolute Gasteiger partial charge is 0.277 e. The zero-order valence-electron chi connectivity index (χ0n) is 11.5. The monoisotopic (exact) mass is 361 g/mol. The van der Waals surface area contributed by atoms with Gasteiger partial charge in [-0.2, -0.15) is 13.1 Å². The summed E-state index contributed by atoms with van der Waals surface area (Å²) in [6.45, 7) is 3.96. The van der Waals surface area contributed by atoms with E-state index in [0.717, 1.165) is 29.5 Å². The summed E-state index contributed by atoms with van der Waals surface area (Å²) < 4.78 is 29.9. The minimum absolute atomic E-state index is 0.0386. The van der Waals surface area contributed by atoms with Gasteiger partial charge < -0.3 is 4.90 Å². The quantitative estimate of drug-likeness (QED) is 0.812. The largest absolute Gasteiger partial charge is 0.370 e. The molecule has 2 rings (SSSR count). The van der Waals surface area contributed by atoms with Crippen LogP contribution in [0.2, 0.25) is 0 Å². The number of nitrogens with zero attached hydrogens (tertiary/aromatic N) is 1. The average Bonchev–Trinajstić information content (AvgIpc) is 2.84. The number of benzene rings is 1. The molecule has 0 aromatic heterocycles.